The molecule has 1 heterocycles. The lowest BCUT2D eigenvalue weighted by atomic mass is 9.74. The van der Waals surface area contributed by atoms with Gasteiger partial charge in [0.1, 0.15) is 0 Å². The molecule has 0 aliphatic carbocycles. The van der Waals surface area contributed by atoms with Crippen LogP contribution >= 0.6 is 22.6 Å². The third kappa shape index (κ3) is 2.68. The van der Waals surface area contributed by atoms with E-state index in [0.717, 1.165) is 12.8 Å². The second-order valence-electron chi connectivity index (χ2n) is 5.89. The van der Waals surface area contributed by atoms with E-state index < -0.39 is 11.1 Å². The summed E-state index contributed by atoms with van der Waals surface area (Å²) in [7, 11) is 0. The largest absolute Gasteiger partial charge is 0.369 e. The first kappa shape index (κ1) is 14.2. The van der Waals surface area contributed by atoms with Gasteiger partial charge in [-0.25, -0.2) is 0 Å². The number of carbonyl (C=O) groups excluding carboxylic acids is 1. The van der Waals surface area contributed by atoms with Crippen molar-refractivity contribution in [2.24, 2.45) is 11.7 Å². The van der Waals surface area contributed by atoms with Crippen LogP contribution < -0.4 is 5.73 Å². The highest BCUT2D eigenvalue weighted by atomic mass is 127. The fourth-order valence-electron chi connectivity index (χ4n) is 2.78. The summed E-state index contributed by atoms with van der Waals surface area (Å²) in [6.45, 7) is 7.72. The van der Waals surface area contributed by atoms with Crippen LogP contribution in [0.15, 0.2) is 0 Å². The molecule has 1 fully saturated rings. The van der Waals surface area contributed by atoms with Crippen LogP contribution in [0.4, 0.5) is 0 Å². The zero-order chi connectivity index (χ0) is 12.7. The van der Waals surface area contributed by atoms with Crippen molar-refractivity contribution in [2.75, 3.05) is 0 Å². The standard InChI is InChI=1S/C11H20IN2O2/c1-10(2)5-7(8(12)9(13)15)6-11(3,4)14(10)16/h7-8H,5-6H2,1-4H3,(H2,13,15). The molecule has 0 aromatic rings. The van der Waals surface area contributed by atoms with Crippen molar-refractivity contribution < 1.29 is 10.0 Å². The first-order chi connectivity index (χ1) is 7.08. The van der Waals surface area contributed by atoms with Gasteiger partial charge in [0.2, 0.25) is 5.91 Å². The van der Waals surface area contributed by atoms with Crippen LogP contribution in [-0.2, 0) is 10.0 Å². The Bertz CT molecular complexity index is 274. The smallest absolute Gasteiger partial charge is 0.230 e. The van der Waals surface area contributed by atoms with Crippen molar-refractivity contribution in [3.63, 3.8) is 0 Å². The predicted molar refractivity (Wildman–Crippen MR) is 70.4 cm³/mol. The van der Waals surface area contributed by atoms with Crippen molar-refractivity contribution in [3.8, 4) is 0 Å². The number of alkyl halides is 1. The lowest BCUT2D eigenvalue weighted by Gasteiger charge is -2.50. The number of hydroxylamine groups is 2. The van der Waals surface area contributed by atoms with E-state index in [-0.39, 0.29) is 15.7 Å². The topological polar surface area (TPSA) is 66.2 Å². The number of hydrogen-bond acceptors (Lipinski definition) is 2. The molecule has 1 atom stereocenters. The number of nitrogens with zero attached hydrogens (tertiary/aromatic N) is 1. The third-order valence-electron chi connectivity index (χ3n) is 3.31. The summed E-state index contributed by atoms with van der Waals surface area (Å²) in [5.74, 6) is -0.0927. The Morgan fingerprint density at radius 3 is 2.00 bits per heavy atom. The number of rotatable bonds is 2. The summed E-state index contributed by atoms with van der Waals surface area (Å²) in [6.07, 6.45) is 1.44. The summed E-state index contributed by atoms with van der Waals surface area (Å²) in [6, 6.07) is 0. The highest BCUT2D eigenvalue weighted by molar-refractivity contribution is 14.1. The zero-order valence-electron chi connectivity index (χ0n) is 10.3. The van der Waals surface area contributed by atoms with Gasteiger partial charge in [-0.2, -0.15) is 0 Å². The van der Waals surface area contributed by atoms with Crippen LogP contribution in [0.25, 0.3) is 0 Å². The normalized spacial score (nSPS) is 27.6. The maximum atomic E-state index is 12.1. The first-order valence-electron chi connectivity index (χ1n) is 5.49. The van der Waals surface area contributed by atoms with E-state index in [0.29, 0.717) is 0 Å². The minimum atomic E-state index is -0.425. The number of halogens is 1. The van der Waals surface area contributed by atoms with Crippen molar-refractivity contribution >= 4 is 28.5 Å². The Hall–Kier alpha value is 0.120. The minimum absolute atomic E-state index is 0.188. The van der Waals surface area contributed by atoms with Crippen molar-refractivity contribution in [1.82, 2.24) is 5.06 Å². The molecule has 5 heteroatoms. The van der Waals surface area contributed by atoms with E-state index in [4.69, 9.17) is 5.73 Å². The lowest BCUT2D eigenvalue weighted by molar-refractivity contribution is -0.293. The molecule has 16 heavy (non-hydrogen) atoms. The quantitative estimate of drug-likeness (QED) is 0.617. The Balaban J connectivity index is 2.91. The third-order valence-corrected chi connectivity index (χ3v) is 4.94. The number of piperidine rings is 1. The van der Waals surface area contributed by atoms with Crippen LogP contribution in [0.2, 0.25) is 0 Å². The first-order valence-corrected chi connectivity index (χ1v) is 6.73. The van der Waals surface area contributed by atoms with Gasteiger partial charge in [-0.3, -0.25) is 4.79 Å². The van der Waals surface area contributed by atoms with Gasteiger partial charge in [-0.15, -0.1) is 10.3 Å². The Morgan fingerprint density at radius 2 is 1.69 bits per heavy atom. The van der Waals surface area contributed by atoms with Gasteiger partial charge < -0.3 is 5.73 Å². The molecule has 0 saturated carbocycles. The molecule has 93 valence electrons. The fourth-order valence-corrected chi connectivity index (χ4v) is 3.29. The molecule has 0 bridgehead atoms. The monoisotopic (exact) mass is 339 g/mol. The van der Waals surface area contributed by atoms with Crippen molar-refractivity contribution in [2.45, 2.75) is 55.5 Å². The van der Waals surface area contributed by atoms with Crippen LogP contribution in [-0.4, -0.2) is 26.0 Å². The maximum absolute atomic E-state index is 12.1. The summed E-state index contributed by atoms with van der Waals surface area (Å²) in [4.78, 5) is 11.2. The molecule has 1 radical (unpaired) electrons. The Morgan fingerprint density at radius 1 is 1.31 bits per heavy atom. The van der Waals surface area contributed by atoms with Gasteiger partial charge in [0.05, 0.1) is 3.92 Å². The molecule has 2 N–H and O–H groups in total. The van der Waals surface area contributed by atoms with Crippen LogP contribution in [0, 0.1) is 5.92 Å². The molecule has 1 aliphatic heterocycles. The summed E-state index contributed by atoms with van der Waals surface area (Å²) in [5.41, 5.74) is 4.49. The van der Waals surface area contributed by atoms with E-state index in [9.17, 15) is 10.0 Å². The SMILES string of the molecule is CC1(C)CC(C(I)C(N)=O)CC(C)(C)N1[O]. The van der Waals surface area contributed by atoms with Crippen molar-refractivity contribution in [3.05, 3.63) is 0 Å². The summed E-state index contributed by atoms with van der Waals surface area (Å²) >= 11 is 2.10. The molecule has 0 spiro atoms. The van der Waals surface area contributed by atoms with Gasteiger partial charge in [-0.1, -0.05) is 22.6 Å². The molecule has 0 aromatic heterocycles. The molecule has 0 aromatic carbocycles. The molecular weight excluding hydrogens is 319 g/mol. The van der Waals surface area contributed by atoms with E-state index in [1.165, 1.54) is 5.06 Å². The second kappa shape index (κ2) is 4.42. The molecular formula is C11H20IN2O2. The van der Waals surface area contributed by atoms with E-state index >= 15 is 0 Å². The average Bonchev–Trinajstić information content (AvgIpc) is 2.11. The maximum Gasteiger partial charge on any atom is 0.230 e. The second-order valence-corrected chi connectivity index (χ2v) is 7.23. The lowest BCUT2D eigenvalue weighted by Crippen LogP contribution is -2.59. The number of amides is 1. The van der Waals surface area contributed by atoms with Crippen molar-refractivity contribution in [1.29, 1.82) is 0 Å². The highest BCUT2D eigenvalue weighted by Gasteiger charge is 2.48. The molecule has 1 amide bonds. The van der Waals surface area contributed by atoms with Gasteiger partial charge in [0, 0.05) is 11.1 Å². The summed E-state index contributed by atoms with van der Waals surface area (Å²) < 4.78 is -0.190. The van der Waals surface area contributed by atoms with Crippen LogP contribution in [0.1, 0.15) is 40.5 Å². The van der Waals surface area contributed by atoms with E-state index in [2.05, 4.69) is 22.6 Å². The number of primary amides is 1. The minimum Gasteiger partial charge on any atom is -0.369 e. The van der Waals surface area contributed by atoms with Crippen LogP contribution in [0.5, 0.6) is 0 Å². The van der Waals surface area contributed by atoms with E-state index in [1.807, 2.05) is 27.7 Å². The Labute approximate surface area is 111 Å². The number of hydrogen-bond donors (Lipinski definition) is 1. The molecule has 4 nitrogen and oxygen atoms in total. The predicted octanol–water partition coefficient (Wildman–Crippen LogP) is 1.89. The summed E-state index contributed by atoms with van der Waals surface area (Å²) in [5, 5.41) is 13.3. The fraction of sp³-hybridized carbons (Fsp3) is 0.909. The van der Waals surface area contributed by atoms with Gasteiger partial charge in [-0.05, 0) is 46.5 Å². The van der Waals surface area contributed by atoms with Gasteiger partial charge >= 0.3 is 0 Å². The molecule has 1 saturated heterocycles. The molecule has 1 unspecified atom stereocenters. The molecule has 1 rings (SSSR count). The number of carbonyl (C=O) groups is 1. The highest BCUT2D eigenvalue weighted by Crippen LogP contribution is 2.42. The average molecular weight is 339 g/mol. The number of nitrogens with two attached hydrogens (primary N) is 1. The van der Waals surface area contributed by atoms with Crippen LogP contribution in [0.3, 0.4) is 0 Å². The van der Waals surface area contributed by atoms with Gasteiger partial charge in [0.25, 0.3) is 0 Å². The van der Waals surface area contributed by atoms with Gasteiger partial charge in [0.15, 0.2) is 0 Å². The Kier molecular flexibility index (Phi) is 3.92. The zero-order valence-corrected chi connectivity index (χ0v) is 12.4. The van der Waals surface area contributed by atoms with E-state index in [1.54, 1.807) is 0 Å². The molecule has 1 aliphatic rings.